The molecule has 3 N–H and O–H groups in total. The van der Waals surface area contributed by atoms with E-state index in [1.807, 2.05) is 9.80 Å². The summed E-state index contributed by atoms with van der Waals surface area (Å²) in [6.07, 6.45) is -4.53. The van der Waals surface area contributed by atoms with Crippen molar-refractivity contribution in [1.82, 2.24) is 4.90 Å². The topological polar surface area (TPSA) is 95.7 Å². The van der Waals surface area contributed by atoms with Crippen LogP contribution < -0.4 is 15.4 Å². The molecule has 1 heterocycles. The number of carbonyl (C=O) groups is 1. The minimum absolute atomic E-state index is 0.00473. The number of carbonyl (C=O) groups excluding carboxylic acids is 1. The molecule has 168 valence electrons. The first kappa shape index (κ1) is 23.3. The molecule has 1 amide bonds. The Morgan fingerprint density at radius 1 is 1.06 bits per heavy atom. The van der Waals surface area contributed by atoms with Crippen molar-refractivity contribution in [3.8, 4) is 0 Å². The summed E-state index contributed by atoms with van der Waals surface area (Å²) in [6, 6.07) is 8.96. The van der Waals surface area contributed by atoms with E-state index in [4.69, 9.17) is 16.7 Å². The number of nitrogens with zero attached hydrogens (tertiary/aromatic N) is 2. The van der Waals surface area contributed by atoms with Crippen molar-refractivity contribution in [2.45, 2.75) is 11.1 Å². The molecule has 0 bridgehead atoms. The summed E-state index contributed by atoms with van der Waals surface area (Å²) in [5.41, 5.74) is -0.156. The minimum atomic E-state index is -4.53. The number of primary sulfonamides is 1. The van der Waals surface area contributed by atoms with Gasteiger partial charge in [-0.15, -0.1) is 0 Å². The van der Waals surface area contributed by atoms with Crippen LogP contribution in [0.3, 0.4) is 0 Å². The maximum atomic E-state index is 12.9. The molecule has 0 atom stereocenters. The van der Waals surface area contributed by atoms with Gasteiger partial charge in [0, 0.05) is 31.9 Å². The molecule has 1 fully saturated rings. The zero-order chi connectivity index (χ0) is 22.8. The summed E-state index contributed by atoms with van der Waals surface area (Å²) < 4.78 is 61.3. The number of hydrogen-bond acceptors (Lipinski definition) is 5. The lowest BCUT2D eigenvalue weighted by Gasteiger charge is -2.35. The second kappa shape index (κ2) is 9.03. The van der Waals surface area contributed by atoms with Gasteiger partial charge in [-0.25, -0.2) is 13.6 Å². The lowest BCUT2D eigenvalue weighted by atomic mass is 10.2. The highest BCUT2D eigenvalue weighted by molar-refractivity contribution is 7.89. The molecule has 3 rings (SSSR count). The number of sulfonamides is 1. The summed E-state index contributed by atoms with van der Waals surface area (Å²) in [7, 11) is -3.76. The molecule has 0 aliphatic carbocycles. The van der Waals surface area contributed by atoms with Crippen LogP contribution in [0.1, 0.15) is 5.56 Å². The van der Waals surface area contributed by atoms with Crippen LogP contribution in [0, 0.1) is 0 Å². The molecule has 0 saturated carbocycles. The van der Waals surface area contributed by atoms with Gasteiger partial charge in [-0.05, 0) is 42.5 Å². The van der Waals surface area contributed by atoms with Crippen LogP contribution >= 0.6 is 11.6 Å². The van der Waals surface area contributed by atoms with Crippen molar-refractivity contribution in [2.75, 3.05) is 42.9 Å². The van der Waals surface area contributed by atoms with Crippen molar-refractivity contribution < 1.29 is 26.4 Å². The molecule has 2 aromatic rings. The molecule has 0 radical (unpaired) electrons. The van der Waals surface area contributed by atoms with Crippen molar-refractivity contribution in [3.05, 3.63) is 53.1 Å². The highest BCUT2D eigenvalue weighted by Gasteiger charge is 2.31. The average Bonchev–Trinajstić information content (AvgIpc) is 2.69. The lowest BCUT2D eigenvalue weighted by molar-refractivity contribution is -0.137. The number of hydrogen-bond donors (Lipinski definition) is 2. The Morgan fingerprint density at radius 2 is 1.68 bits per heavy atom. The van der Waals surface area contributed by atoms with Crippen LogP contribution in [0.15, 0.2) is 47.4 Å². The highest BCUT2D eigenvalue weighted by Crippen LogP contribution is 2.33. The van der Waals surface area contributed by atoms with Crippen LogP contribution in [-0.4, -0.2) is 51.9 Å². The van der Waals surface area contributed by atoms with E-state index in [1.54, 1.807) is 12.1 Å². The van der Waals surface area contributed by atoms with E-state index in [1.165, 1.54) is 12.1 Å². The van der Waals surface area contributed by atoms with Gasteiger partial charge in [0.2, 0.25) is 15.9 Å². The molecular weight excluding hydrogens is 457 g/mol. The van der Waals surface area contributed by atoms with Gasteiger partial charge >= 0.3 is 6.18 Å². The largest absolute Gasteiger partial charge is 0.416 e. The van der Waals surface area contributed by atoms with Gasteiger partial charge in [-0.1, -0.05) is 11.6 Å². The molecular formula is C19H20ClF3N4O3S. The first-order valence-corrected chi connectivity index (χ1v) is 11.1. The fourth-order valence-corrected chi connectivity index (χ4v) is 3.88. The first-order valence-electron chi connectivity index (χ1n) is 9.20. The van der Waals surface area contributed by atoms with Gasteiger partial charge < -0.3 is 10.2 Å². The number of benzene rings is 2. The Hall–Kier alpha value is -2.34. The monoisotopic (exact) mass is 476 g/mol. The normalized spacial score (nSPS) is 15.7. The quantitative estimate of drug-likeness (QED) is 0.692. The lowest BCUT2D eigenvalue weighted by Crippen LogP contribution is -2.48. The van der Waals surface area contributed by atoms with Gasteiger partial charge in [-0.2, -0.15) is 13.2 Å². The number of rotatable bonds is 5. The zero-order valence-electron chi connectivity index (χ0n) is 16.2. The third-order valence-electron chi connectivity index (χ3n) is 4.84. The average molecular weight is 477 g/mol. The summed E-state index contributed by atoms with van der Waals surface area (Å²) in [4.78, 5) is 16.2. The van der Waals surface area contributed by atoms with Gasteiger partial charge in [0.25, 0.3) is 0 Å². The predicted octanol–water partition coefficient (Wildman–Crippen LogP) is 2.77. The molecule has 12 heteroatoms. The Morgan fingerprint density at radius 3 is 2.23 bits per heavy atom. The van der Waals surface area contributed by atoms with E-state index in [-0.39, 0.29) is 22.2 Å². The molecule has 2 aromatic carbocycles. The maximum Gasteiger partial charge on any atom is 0.416 e. The molecule has 0 aromatic heterocycles. The Balaban J connectivity index is 1.55. The summed E-state index contributed by atoms with van der Waals surface area (Å²) in [5, 5.41) is 7.55. The van der Waals surface area contributed by atoms with Gasteiger partial charge in [0.1, 0.15) is 0 Å². The summed E-state index contributed by atoms with van der Waals surface area (Å²) >= 11 is 5.91. The second-order valence-electron chi connectivity index (χ2n) is 7.04. The Bertz CT molecular complexity index is 1050. The minimum Gasteiger partial charge on any atom is -0.369 e. The fourth-order valence-electron chi connectivity index (χ4n) is 3.20. The number of nitrogens with two attached hydrogens (primary N) is 1. The van der Waals surface area contributed by atoms with Gasteiger partial charge in [0.05, 0.1) is 27.7 Å². The number of anilines is 2. The Kier molecular flexibility index (Phi) is 6.79. The van der Waals surface area contributed by atoms with E-state index in [2.05, 4.69) is 5.32 Å². The maximum absolute atomic E-state index is 12.9. The predicted molar refractivity (Wildman–Crippen MR) is 112 cm³/mol. The van der Waals surface area contributed by atoms with E-state index in [0.717, 1.165) is 23.9 Å². The second-order valence-corrected chi connectivity index (χ2v) is 9.01. The molecule has 0 spiro atoms. The van der Waals surface area contributed by atoms with Crippen molar-refractivity contribution in [2.24, 2.45) is 5.14 Å². The summed E-state index contributed by atoms with van der Waals surface area (Å²) in [5.74, 6) is -0.466. The first-order chi connectivity index (χ1) is 14.4. The number of piperazine rings is 1. The van der Waals surface area contributed by atoms with Crippen molar-refractivity contribution in [3.63, 3.8) is 0 Å². The highest BCUT2D eigenvalue weighted by atomic mass is 35.5. The van der Waals surface area contributed by atoms with Crippen molar-refractivity contribution in [1.29, 1.82) is 0 Å². The van der Waals surface area contributed by atoms with E-state index in [9.17, 15) is 26.4 Å². The number of halogens is 4. The summed E-state index contributed by atoms with van der Waals surface area (Å²) in [6.45, 7) is 2.27. The fraction of sp³-hybridized carbons (Fsp3) is 0.316. The van der Waals surface area contributed by atoms with Gasteiger partial charge in [0.15, 0.2) is 0 Å². The zero-order valence-corrected chi connectivity index (χ0v) is 17.8. The van der Waals surface area contributed by atoms with Crippen LogP contribution in [0.2, 0.25) is 5.02 Å². The SMILES string of the molecule is NS(=O)(=O)c1ccc(N2CCN(CC(=O)Nc3cc(C(F)(F)F)ccc3Cl)CC2)cc1. The van der Waals surface area contributed by atoms with E-state index >= 15 is 0 Å². The van der Waals surface area contributed by atoms with E-state index < -0.39 is 27.7 Å². The van der Waals surface area contributed by atoms with Crippen LogP contribution in [0.25, 0.3) is 0 Å². The van der Waals surface area contributed by atoms with Crippen LogP contribution in [-0.2, 0) is 21.0 Å². The molecule has 1 aliphatic rings. The third kappa shape index (κ3) is 6.10. The standard InChI is InChI=1S/C19H20ClF3N4O3S/c20-16-6-1-13(19(21,22)23)11-17(16)25-18(28)12-26-7-9-27(10-8-26)14-2-4-15(5-3-14)31(24,29)30/h1-6,11H,7-10,12H2,(H,25,28)(H2,24,29,30). The molecule has 0 unspecified atom stereocenters. The Labute approximate surface area is 182 Å². The van der Waals surface area contributed by atoms with Crippen LogP contribution in [0.4, 0.5) is 24.5 Å². The van der Waals surface area contributed by atoms with E-state index in [0.29, 0.717) is 26.2 Å². The van der Waals surface area contributed by atoms with Crippen LogP contribution in [0.5, 0.6) is 0 Å². The van der Waals surface area contributed by atoms with Crippen molar-refractivity contribution >= 4 is 38.9 Å². The van der Waals surface area contributed by atoms with Gasteiger partial charge in [-0.3, -0.25) is 9.69 Å². The molecule has 1 saturated heterocycles. The third-order valence-corrected chi connectivity index (χ3v) is 6.10. The molecule has 31 heavy (non-hydrogen) atoms. The number of alkyl halides is 3. The molecule has 1 aliphatic heterocycles. The molecule has 7 nitrogen and oxygen atoms in total. The number of nitrogens with one attached hydrogen (secondary N) is 1. The number of amides is 1. The smallest absolute Gasteiger partial charge is 0.369 e.